The minimum absolute atomic E-state index is 0.458. The van der Waals surface area contributed by atoms with Crippen LogP contribution in [0.25, 0.3) is 0 Å². The van der Waals surface area contributed by atoms with E-state index in [2.05, 4.69) is 42.7 Å². The summed E-state index contributed by atoms with van der Waals surface area (Å²) in [5, 5.41) is 3.50. The molecule has 0 bridgehead atoms. The predicted molar refractivity (Wildman–Crippen MR) is 77.8 cm³/mol. The molecule has 2 aliphatic heterocycles. The molecule has 0 spiro atoms. The van der Waals surface area contributed by atoms with Crippen LogP contribution in [0, 0.1) is 5.41 Å². The van der Waals surface area contributed by atoms with E-state index in [1.54, 1.807) is 0 Å². The molecule has 0 aromatic rings. The fourth-order valence-electron chi connectivity index (χ4n) is 3.30. The summed E-state index contributed by atoms with van der Waals surface area (Å²) >= 11 is 2.14. The summed E-state index contributed by atoms with van der Waals surface area (Å²) in [5.41, 5.74) is 0.601. The maximum Gasteiger partial charge on any atom is 0.0231 e. The lowest BCUT2D eigenvalue weighted by Crippen LogP contribution is -2.50. The van der Waals surface area contributed by atoms with Gasteiger partial charge >= 0.3 is 0 Å². The van der Waals surface area contributed by atoms with Crippen LogP contribution < -0.4 is 5.32 Å². The molecule has 0 atom stereocenters. The van der Waals surface area contributed by atoms with Crippen molar-refractivity contribution >= 4 is 11.8 Å². The molecule has 0 saturated carbocycles. The predicted octanol–water partition coefficient (Wildman–Crippen LogP) is 2.59. The first-order valence-corrected chi connectivity index (χ1v) is 8.11. The third kappa shape index (κ3) is 3.62. The second-order valence-electron chi connectivity index (χ2n) is 6.42. The minimum Gasteiger partial charge on any atom is -0.317 e. The lowest BCUT2D eigenvalue weighted by Gasteiger charge is -2.45. The van der Waals surface area contributed by atoms with Crippen LogP contribution in [0.3, 0.4) is 0 Å². The number of piperidine rings is 1. The van der Waals surface area contributed by atoms with Crippen molar-refractivity contribution in [3.05, 3.63) is 0 Å². The van der Waals surface area contributed by atoms with Crippen molar-refractivity contribution < 1.29 is 0 Å². The maximum atomic E-state index is 3.50. The first kappa shape index (κ1) is 13.7. The lowest BCUT2D eigenvalue weighted by molar-refractivity contribution is 0.103. The number of rotatable bonds is 3. The van der Waals surface area contributed by atoms with Crippen LogP contribution >= 0.6 is 11.8 Å². The zero-order valence-electron chi connectivity index (χ0n) is 11.7. The summed E-state index contributed by atoms with van der Waals surface area (Å²) in [6, 6.07) is 0. The Kier molecular flexibility index (Phi) is 4.43. The fourth-order valence-corrected chi connectivity index (χ4v) is 4.48. The Morgan fingerprint density at radius 1 is 1.24 bits per heavy atom. The molecule has 2 nitrogen and oxygen atoms in total. The normalized spacial score (nSPS) is 29.1. The van der Waals surface area contributed by atoms with E-state index in [1.807, 2.05) is 0 Å². The molecule has 1 N–H and O–H groups in total. The maximum absolute atomic E-state index is 3.50. The second-order valence-corrected chi connectivity index (χ2v) is 8.22. The summed E-state index contributed by atoms with van der Waals surface area (Å²) in [6.45, 7) is 13.5. The van der Waals surface area contributed by atoms with E-state index in [0.717, 1.165) is 0 Å². The third-order valence-electron chi connectivity index (χ3n) is 4.48. The summed E-state index contributed by atoms with van der Waals surface area (Å²) in [5.74, 6) is 1.31. The van der Waals surface area contributed by atoms with Gasteiger partial charge in [-0.15, -0.1) is 0 Å². The largest absolute Gasteiger partial charge is 0.317 e. The molecule has 3 heteroatoms. The highest BCUT2D eigenvalue weighted by Crippen LogP contribution is 2.36. The molecule has 2 fully saturated rings. The van der Waals surface area contributed by atoms with Crippen LogP contribution in [0.1, 0.15) is 40.0 Å². The van der Waals surface area contributed by atoms with Crippen molar-refractivity contribution in [1.82, 2.24) is 10.2 Å². The molecular weight excluding hydrogens is 228 g/mol. The van der Waals surface area contributed by atoms with Gasteiger partial charge in [0.15, 0.2) is 0 Å². The zero-order valence-corrected chi connectivity index (χ0v) is 12.5. The molecule has 100 valence electrons. The van der Waals surface area contributed by atoms with E-state index in [0.29, 0.717) is 10.2 Å². The van der Waals surface area contributed by atoms with Gasteiger partial charge in [-0.25, -0.2) is 0 Å². The highest BCUT2D eigenvalue weighted by Gasteiger charge is 2.35. The zero-order chi connectivity index (χ0) is 12.4. The van der Waals surface area contributed by atoms with E-state index < -0.39 is 0 Å². The third-order valence-corrected chi connectivity index (χ3v) is 5.78. The minimum atomic E-state index is 0.458. The Morgan fingerprint density at radius 3 is 2.53 bits per heavy atom. The van der Waals surface area contributed by atoms with Gasteiger partial charge in [0.2, 0.25) is 0 Å². The summed E-state index contributed by atoms with van der Waals surface area (Å²) in [7, 11) is 0. The van der Waals surface area contributed by atoms with E-state index in [9.17, 15) is 0 Å². The standard InChI is InChI=1S/C14H28N2S/c1-4-14(5-7-15-8-6-14)12-16-9-10-17-13(2,3)11-16/h15H,4-12H2,1-3H3. The van der Waals surface area contributed by atoms with E-state index in [4.69, 9.17) is 0 Å². The number of thioether (sulfide) groups is 1. The highest BCUT2D eigenvalue weighted by molar-refractivity contribution is 8.00. The first-order chi connectivity index (χ1) is 8.05. The Morgan fingerprint density at radius 2 is 1.94 bits per heavy atom. The average Bonchev–Trinajstić information content (AvgIpc) is 2.29. The second kappa shape index (κ2) is 5.50. The van der Waals surface area contributed by atoms with Crippen LogP contribution in [0.4, 0.5) is 0 Å². The van der Waals surface area contributed by atoms with E-state index in [1.165, 1.54) is 57.7 Å². The molecule has 0 radical (unpaired) electrons. The fraction of sp³-hybridized carbons (Fsp3) is 1.00. The van der Waals surface area contributed by atoms with E-state index >= 15 is 0 Å². The number of nitrogens with one attached hydrogen (secondary N) is 1. The summed E-state index contributed by atoms with van der Waals surface area (Å²) < 4.78 is 0.458. The van der Waals surface area contributed by atoms with Crippen LogP contribution in [-0.4, -0.2) is 48.1 Å². The molecular formula is C14H28N2S. The average molecular weight is 256 g/mol. The molecule has 2 heterocycles. The van der Waals surface area contributed by atoms with Crippen molar-refractivity contribution in [2.24, 2.45) is 5.41 Å². The van der Waals surface area contributed by atoms with Gasteiger partial charge in [0.1, 0.15) is 0 Å². The molecule has 0 unspecified atom stereocenters. The van der Waals surface area contributed by atoms with Crippen molar-refractivity contribution in [2.45, 2.75) is 44.8 Å². The molecule has 2 saturated heterocycles. The van der Waals surface area contributed by atoms with Crippen molar-refractivity contribution in [2.75, 3.05) is 38.5 Å². The molecule has 0 aromatic carbocycles. The summed E-state index contributed by atoms with van der Waals surface area (Å²) in [6.07, 6.45) is 4.08. The van der Waals surface area contributed by atoms with Crippen LogP contribution in [-0.2, 0) is 0 Å². The SMILES string of the molecule is CCC1(CN2CCSC(C)(C)C2)CCNCC1. The van der Waals surface area contributed by atoms with Crippen LogP contribution in [0.15, 0.2) is 0 Å². The van der Waals surface area contributed by atoms with Crippen LogP contribution in [0.2, 0.25) is 0 Å². The van der Waals surface area contributed by atoms with Gasteiger partial charge < -0.3 is 10.2 Å². The van der Waals surface area contributed by atoms with Gasteiger partial charge in [0, 0.05) is 30.1 Å². The van der Waals surface area contributed by atoms with Gasteiger partial charge in [-0.05, 0) is 51.6 Å². The quantitative estimate of drug-likeness (QED) is 0.835. The first-order valence-electron chi connectivity index (χ1n) is 7.12. The highest BCUT2D eigenvalue weighted by atomic mass is 32.2. The smallest absolute Gasteiger partial charge is 0.0231 e. The van der Waals surface area contributed by atoms with E-state index in [-0.39, 0.29) is 0 Å². The topological polar surface area (TPSA) is 15.3 Å². The summed E-state index contributed by atoms with van der Waals surface area (Å²) in [4.78, 5) is 2.73. The molecule has 2 aliphatic rings. The van der Waals surface area contributed by atoms with Crippen molar-refractivity contribution in [3.8, 4) is 0 Å². The van der Waals surface area contributed by atoms with Gasteiger partial charge in [-0.2, -0.15) is 11.8 Å². The lowest BCUT2D eigenvalue weighted by atomic mass is 9.76. The molecule has 0 aliphatic carbocycles. The van der Waals surface area contributed by atoms with Crippen molar-refractivity contribution in [1.29, 1.82) is 0 Å². The Labute approximate surface area is 111 Å². The van der Waals surface area contributed by atoms with Gasteiger partial charge in [0.05, 0.1) is 0 Å². The molecule has 0 amide bonds. The van der Waals surface area contributed by atoms with Gasteiger partial charge in [0.25, 0.3) is 0 Å². The molecule has 0 aromatic heterocycles. The molecule has 2 rings (SSSR count). The van der Waals surface area contributed by atoms with Crippen molar-refractivity contribution in [3.63, 3.8) is 0 Å². The number of nitrogens with zero attached hydrogens (tertiary/aromatic N) is 1. The Bertz CT molecular complexity index is 247. The Hall–Kier alpha value is 0.270. The van der Waals surface area contributed by atoms with Gasteiger partial charge in [-0.1, -0.05) is 6.92 Å². The number of hydrogen-bond acceptors (Lipinski definition) is 3. The van der Waals surface area contributed by atoms with Gasteiger partial charge in [-0.3, -0.25) is 0 Å². The number of hydrogen-bond donors (Lipinski definition) is 1. The molecule has 17 heavy (non-hydrogen) atoms. The van der Waals surface area contributed by atoms with Crippen LogP contribution in [0.5, 0.6) is 0 Å². The Balaban J connectivity index is 1.93. The monoisotopic (exact) mass is 256 g/mol.